The Hall–Kier alpha value is 1.05. The quantitative estimate of drug-likeness (QED) is 0.545. The molecule has 0 aliphatic rings. The first-order valence-electron chi connectivity index (χ1n) is 1.63. The maximum absolute atomic E-state index is 4.73. The molecule has 3 heteroatoms. The average molecular weight is 137 g/mol. The SMILES string of the molecule is [S]CC([S])C[S]. The summed E-state index contributed by atoms with van der Waals surface area (Å²) >= 11 is 13.9. The van der Waals surface area contributed by atoms with E-state index in [4.69, 9.17) is 12.6 Å². The Balaban J connectivity index is 2.75. The second kappa shape index (κ2) is 4.22. The Labute approximate surface area is 54.9 Å². The summed E-state index contributed by atoms with van der Waals surface area (Å²) in [6, 6.07) is 0. The monoisotopic (exact) mass is 137 g/mol. The van der Waals surface area contributed by atoms with Gasteiger partial charge in [-0.2, -0.15) is 0 Å². The van der Waals surface area contributed by atoms with Gasteiger partial charge < -0.3 is 0 Å². The Morgan fingerprint density at radius 1 is 1.17 bits per heavy atom. The first-order chi connectivity index (χ1) is 2.81. The van der Waals surface area contributed by atoms with E-state index in [0.29, 0.717) is 11.5 Å². The van der Waals surface area contributed by atoms with Crippen LogP contribution in [0.2, 0.25) is 0 Å². The van der Waals surface area contributed by atoms with Gasteiger partial charge in [0.1, 0.15) is 0 Å². The summed E-state index contributed by atoms with van der Waals surface area (Å²) in [7, 11) is 0. The molecule has 0 amide bonds. The molecule has 0 aromatic rings. The summed E-state index contributed by atoms with van der Waals surface area (Å²) in [4.78, 5) is 0. The molecule has 0 aliphatic carbocycles. The van der Waals surface area contributed by atoms with Crippen LogP contribution in [-0.4, -0.2) is 16.8 Å². The van der Waals surface area contributed by atoms with Gasteiger partial charge in [0.2, 0.25) is 0 Å². The van der Waals surface area contributed by atoms with E-state index in [9.17, 15) is 0 Å². The first-order valence-corrected chi connectivity index (χ1v) is 3.26. The van der Waals surface area contributed by atoms with Crippen LogP contribution in [0, 0.1) is 0 Å². The van der Waals surface area contributed by atoms with Crippen LogP contribution in [0.5, 0.6) is 0 Å². The van der Waals surface area contributed by atoms with Crippen LogP contribution in [0.25, 0.3) is 0 Å². The molecule has 3 radical (unpaired) electrons. The van der Waals surface area contributed by atoms with Crippen molar-refractivity contribution in [2.75, 3.05) is 11.5 Å². The van der Waals surface area contributed by atoms with Crippen LogP contribution in [0.1, 0.15) is 0 Å². The van der Waals surface area contributed by atoms with Gasteiger partial charge in [-0.05, 0) is 0 Å². The topological polar surface area (TPSA) is 0 Å². The molecule has 0 aromatic carbocycles. The van der Waals surface area contributed by atoms with E-state index >= 15 is 0 Å². The highest BCUT2D eigenvalue weighted by Gasteiger charge is 1.94. The molecule has 0 aromatic heterocycles. The summed E-state index contributed by atoms with van der Waals surface area (Å²) in [5.41, 5.74) is 0. The normalized spacial score (nSPS) is 10.0. The minimum Gasteiger partial charge on any atom is -0.0929 e. The van der Waals surface area contributed by atoms with E-state index in [1.54, 1.807) is 0 Å². The van der Waals surface area contributed by atoms with E-state index in [1.165, 1.54) is 0 Å². The molecule has 0 rings (SSSR count). The molecule has 0 bridgehead atoms. The Bertz CT molecular complexity index is 25.2. The van der Waals surface area contributed by atoms with Gasteiger partial charge in [-0.15, -0.1) is 0 Å². The number of rotatable bonds is 2. The summed E-state index contributed by atoms with van der Waals surface area (Å²) in [6.45, 7) is 0. The van der Waals surface area contributed by atoms with Crippen molar-refractivity contribution in [1.29, 1.82) is 0 Å². The predicted octanol–water partition coefficient (Wildman–Crippen LogP) is 1.95. The largest absolute Gasteiger partial charge is 0.0929 e. The minimum absolute atomic E-state index is 0.148. The molecule has 0 atom stereocenters. The second-order valence-electron chi connectivity index (χ2n) is 0.955. The number of hydrogen-bond acceptors (Lipinski definition) is 0. The zero-order chi connectivity index (χ0) is 4.99. The standard InChI is InChI=1S/C3H5S3/c4-1-3(6)2-5/h3H,1-2H2. The van der Waals surface area contributed by atoms with E-state index < -0.39 is 0 Å². The van der Waals surface area contributed by atoms with Crippen molar-refractivity contribution in [1.82, 2.24) is 0 Å². The average Bonchev–Trinajstić information content (AvgIpc) is 1.65. The molecular formula is C3H5S3. The van der Waals surface area contributed by atoms with Crippen LogP contribution in [-0.2, 0) is 0 Å². The molecule has 0 nitrogen and oxygen atoms in total. The third-order valence-corrected chi connectivity index (χ3v) is 1.93. The van der Waals surface area contributed by atoms with Gasteiger partial charge in [0.15, 0.2) is 0 Å². The third kappa shape index (κ3) is 3.25. The van der Waals surface area contributed by atoms with Crippen molar-refractivity contribution in [2.24, 2.45) is 0 Å². The molecule has 0 aliphatic heterocycles. The molecule has 6 heavy (non-hydrogen) atoms. The third-order valence-electron chi connectivity index (χ3n) is 0.372. The van der Waals surface area contributed by atoms with Gasteiger partial charge >= 0.3 is 0 Å². The van der Waals surface area contributed by atoms with E-state index in [1.807, 2.05) is 0 Å². The molecule has 0 saturated carbocycles. The van der Waals surface area contributed by atoms with Gasteiger partial charge in [-0.25, -0.2) is 0 Å². The minimum atomic E-state index is 0.148. The van der Waals surface area contributed by atoms with Crippen molar-refractivity contribution >= 4 is 37.9 Å². The van der Waals surface area contributed by atoms with Crippen LogP contribution in [0.15, 0.2) is 0 Å². The first kappa shape index (κ1) is 7.05. The fraction of sp³-hybridized carbons (Fsp3) is 1.00. The Morgan fingerprint density at radius 2 is 1.50 bits per heavy atom. The molecule has 0 spiro atoms. The summed E-state index contributed by atoms with van der Waals surface area (Å²) < 4.78 is 0. The lowest BCUT2D eigenvalue weighted by molar-refractivity contribution is 1.17. The maximum atomic E-state index is 4.73. The highest BCUT2D eigenvalue weighted by atomic mass is 32.1. The van der Waals surface area contributed by atoms with Gasteiger partial charge in [-0.1, -0.05) is 37.9 Å². The fourth-order valence-electron chi connectivity index (χ4n) is 0.0481. The van der Waals surface area contributed by atoms with Crippen molar-refractivity contribution in [3.63, 3.8) is 0 Å². The van der Waals surface area contributed by atoms with Crippen molar-refractivity contribution in [2.45, 2.75) is 5.25 Å². The maximum Gasteiger partial charge on any atom is 0.0349 e. The highest BCUT2D eigenvalue weighted by molar-refractivity contribution is 7.86. The molecule has 35 valence electrons. The zero-order valence-electron chi connectivity index (χ0n) is 3.22. The van der Waals surface area contributed by atoms with Crippen LogP contribution in [0.3, 0.4) is 0 Å². The Morgan fingerprint density at radius 3 is 1.50 bits per heavy atom. The zero-order valence-corrected chi connectivity index (χ0v) is 5.67. The predicted molar refractivity (Wildman–Crippen MR) is 36.3 cm³/mol. The van der Waals surface area contributed by atoms with E-state index in [2.05, 4.69) is 25.3 Å². The smallest absolute Gasteiger partial charge is 0.0349 e. The van der Waals surface area contributed by atoms with Crippen LogP contribution >= 0.6 is 37.9 Å². The fourth-order valence-corrected chi connectivity index (χ4v) is 0.433. The van der Waals surface area contributed by atoms with Gasteiger partial charge in [0.05, 0.1) is 0 Å². The lowest BCUT2D eigenvalue weighted by Crippen LogP contribution is -2.00. The van der Waals surface area contributed by atoms with Crippen molar-refractivity contribution < 1.29 is 0 Å². The second-order valence-corrected chi connectivity index (χ2v) is 2.29. The Kier molecular flexibility index (Phi) is 4.95. The molecular weight excluding hydrogens is 132 g/mol. The molecule has 0 fully saturated rings. The highest BCUT2D eigenvalue weighted by Crippen LogP contribution is 1.97. The number of hydrogen-bond donors (Lipinski definition) is 0. The molecule has 0 N–H and O–H groups in total. The molecule has 0 saturated heterocycles. The van der Waals surface area contributed by atoms with Crippen molar-refractivity contribution in [3.05, 3.63) is 0 Å². The molecule has 0 unspecified atom stereocenters. The van der Waals surface area contributed by atoms with Crippen LogP contribution < -0.4 is 0 Å². The summed E-state index contributed by atoms with van der Waals surface area (Å²) in [5, 5.41) is 0.148. The lowest BCUT2D eigenvalue weighted by Gasteiger charge is -1.93. The van der Waals surface area contributed by atoms with E-state index in [-0.39, 0.29) is 5.25 Å². The lowest BCUT2D eigenvalue weighted by atomic mass is 10.6. The van der Waals surface area contributed by atoms with E-state index in [0.717, 1.165) is 0 Å². The van der Waals surface area contributed by atoms with Gasteiger partial charge in [-0.3, -0.25) is 0 Å². The van der Waals surface area contributed by atoms with Gasteiger partial charge in [0.25, 0.3) is 0 Å². The summed E-state index contributed by atoms with van der Waals surface area (Å²) in [5.74, 6) is 1.25. The van der Waals surface area contributed by atoms with Crippen molar-refractivity contribution in [3.8, 4) is 0 Å². The molecule has 0 heterocycles. The summed E-state index contributed by atoms with van der Waals surface area (Å²) in [6.07, 6.45) is 0. The van der Waals surface area contributed by atoms with Gasteiger partial charge in [0, 0.05) is 16.8 Å². The van der Waals surface area contributed by atoms with Crippen LogP contribution in [0.4, 0.5) is 0 Å².